The molecular weight excluding hydrogens is 350 g/mol. The van der Waals surface area contributed by atoms with Gasteiger partial charge in [-0.3, -0.25) is 14.9 Å². The van der Waals surface area contributed by atoms with Crippen LogP contribution in [0.25, 0.3) is 16.5 Å². The number of benzene rings is 2. The summed E-state index contributed by atoms with van der Waals surface area (Å²) in [5.74, 6) is -0.731. The van der Waals surface area contributed by atoms with Crippen LogP contribution in [0.3, 0.4) is 0 Å². The standard InChI is InChI=1S/C23H21N3O2/c1-23(2,3)13-9-7-12(8-10-13)19-14-5-4-6-16-17(14)15(11-24-16)18-20(25-19)22(28)26-21(18)27/h4-11,19,24-25H,1-3H3,(H,26,27,28). The normalized spacial score (nSPS) is 18.8. The zero-order chi connectivity index (χ0) is 19.6. The molecule has 5 rings (SSSR count). The van der Waals surface area contributed by atoms with E-state index in [1.54, 1.807) is 0 Å². The van der Waals surface area contributed by atoms with Crippen LogP contribution in [-0.4, -0.2) is 16.8 Å². The summed E-state index contributed by atoms with van der Waals surface area (Å²) in [6.45, 7) is 6.55. The number of amides is 2. The Balaban J connectivity index is 1.73. The fourth-order valence-electron chi connectivity index (χ4n) is 4.16. The van der Waals surface area contributed by atoms with E-state index in [1.165, 1.54) is 5.56 Å². The van der Waals surface area contributed by atoms with E-state index >= 15 is 0 Å². The molecular formula is C23H21N3O2. The molecule has 0 saturated heterocycles. The van der Waals surface area contributed by atoms with Gasteiger partial charge in [-0.2, -0.15) is 0 Å². The van der Waals surface area contributed by atoms with Gasteiger partial charge in [0.15, 0.2) is 0 Å². The highest BCUT2D eigenvalue weighted by atomic mass is 16.2. The molecule has 3 heterocycles. The van der Waals surface area contributed by atoms with Crippen LogP contribution in [0.1, 0.15) is 49.1 Å². The monoisotopic (exact) mass is 371 g/mol. The smallest absolute Gasteiger partial charge is 0.275 e. The number of hydrogen-bond donors (Lipinski definition) is 3. The number of fused-ring (bicyclic) bond motifs is 1. The highest BCUT2D eigenvalue weighted by Crippen LogP contribution is 2.40. The summed E-state index contributed by atoms with van der Waals surface area (Å²) in [6, 6.07) is 14.3. The van der Waals surface area contributed by atoms with E-state index < -0.39 is 0 Å². The van der Waals surface area contributed by atoms with Crippen molar-refractivity contribution >= 4 is 28.3 Å². The van der Waals surface area contributed by atoms with E-state index in [2.05, 4.69) is 66.7 Å². The Morgan fingerprint density at radius 3 is 2.39 bits per heavy atom. The maximum absolute atomic E-state index is 12.5. The van der Waals surface area contributed by atoms with Gasteiger partial charge in [-0.05, 0) is 28.2 Å². The van der Waals surface area contributed by atoms with E-state index in [4.69, 9.17) is 0 Å². The van der Waals surface area contributed by atoms with Crippen molar-refractivity contribution in [2.75, 3.05) is 0 Å². The molecule has 3 aromatic rings. The third kappa shape index (κ3) is 2.32. The third-order valence-electron chi connectivity index (χ3n) is 5.65. The minimum atomic E-state index is -0.376. The molecule has 5 nitrogen and oxygen atoms in total. The molecule has 1 atom stereocenters. The highest BCUT2D eigenvalue weighted by molar-refractivity contribution is 6.37. The van der Waals surface area contributed by atoms with Crippen molar-refractivity contribution in [2.45, 2.75) is 32.2 Å². The van der Waals surface area contributed by atoms with Crippen LogP contribution in [0.4, 0.5) is 0 Å². The van der Waals surface area contributed by atoms with Crippen LogP contribution >= 0.6 is 0 Å². The molecule has 140 valence electrons. The summed E-state index contributed by atoms with van der Waals surface area (Å²) in [7, 11) is 0. The van der Waals surface area contributed by atoms with Gasteiger partial charge in [-0.25, -0.2) is 0 Å². The topological polar surface area (TPSA) is 74.0 Å². The summed E-state index contributed by atoms with van der Waals surface area (Å²) < 4.78 is 0. The maximum Gasteiger partial charge on any atom is 0.275 e. The second-order valence-corrected chi connectivity index (χ2v) is 8.45. The average Bonchev–Trinajstić information content (AvgIpc) is 3.14. The van der Waals surface area contributed by atoms with Gasteiger partial charge in [-0.15, -0.1) is 0 Å². The molecule has 2 aliphatic rings. The molecule has 2 aromatic carbocycles. The van der Waals surface area contributed by atoms with Crippen molar-refractivity contribution in [1.82, 2.24) is 15.6 Å². The highest BCUT2D eigenvalue weighted by Gasteiger charge is 2.37. The van der Waals surface area contributed by atoms with Crippen molar-refractivity contribution in [3.8, 4) is 0 Å². The van der Waals surface area contributed by atoms with E-state index in [1.807, 2.05) is 18.3 Å². The lowest BCUT2D eigenvalue weighted by molar-refractivity contribution is -0.123. The molecule has 0 radical (unpaired) electrons. The van der Waals surface area contributed by atoms with E-state index in [0.717, 1.165) is 27.6 Å². The fourth-order valence-corrected chi connectivity index (χ4v) is 4.16. The summed E-state index contributed by atoms with van der Waals surface area (Å²) in [4.78, 5) is 28.2. The Morgan fingerprint density at radius 1 is 0.929 bits per heavy atom. The van der Waals surface area contributed by atoms with Gasteiger partial charge in [0.05, 0.1) is 11.6 Å². The maximum atomic E-state index is 12.5. The van der Waals surface area contributed by atoms with Crippen LogP contribution in [0.15, 0.2) is 54.4 Å². The fraction of sp³-hybridized carbons (Fsp3) is 0.217. The minimum Gasteiger partial charge on any atom is -0.369 e. The zero-order valence-corrected chi connectivity index (χ0v) is 16.0. The summed E-state index contributed by atoms with van der Waals surface area (Å²) in [6.07, 6.45) is 1.81. The van der Waals surface area contributed by atoms with E-state index in [9.17, 15) is 9.59 Å². The molecule has 28 heavy (non-hydrogen) atoms. The number of H-pyrrole nitrogens is 1. The lowest BCUT2D eigenvalue weighted by atomic mass is 9.85. The molecule has 0 spiro atoms. The molecule has 5 heteroatoms. The predicted octanol–water partition coefficient (Wildman–Crippen LogP) is 3.53. The average molecular weight is 371 g/mol. The Labute approximate surface area is 162 Å². The molecule has 2 amide bonds. The SMILES string of the molecule is CC(C)(C)c1ccc(C2NC3=C(C(=O)NC3=O)c3c[nH]c4cccc2c34)cc1. The Hall–Kier alpha value is -3.34. The summed E-state index contributed by atoms with van der Waals surface area (Å²) in [5.41, 5.74) is 5.89. The van der Waals surface area contributed by atoms with Gasteiger partial charge >= 0.3 is 0 Å². The van der Waals surface area contributed by atoms with Gasteiger partial charge in [0.25, 0.3) is 11.8 Å². The first kappa shape index (κ1) is 16.8. The first-order valence-corrected chi connectivity index (χ1v) is 9.42. The van der Waals surface area contributed by atoms with Gasteiger partial charge in [0.2, 0.25) is 0 Å². The van der Waals surface area contributed by atoms with Crippen LogP contribution in [0.2, 0.25) is 0 Å². The van der Waals surface area contributed by atoms with Crippen LogP contribution < -0.4 is 10.6 Å². The van der Waals surface area contributed by atoms with Gasteiger partial charge in [-0.1, -0.05) is 57.2 Å². The second kappa shape index (κ2) is 5.58. The zero-order valence-electron chi connectivity index (χ0n) is 16.0. The number of imide groups is 1. The van der Waals surface area contributed by atoms with Crippen LogP contribution in [0.5, 0.6) is 0 Å². The molecule has 0 fully saturated rings. The van der Waals surface area contributed by atoms with Crippen molar-refractivity contribution in [3.63, 3.8) is 0 Å². The van der Waals surface area contributed by atoms with Gasteiger partial charge < -0.3 is 10.3 Å². The quantitative estimate of drug-likeness (QED) is 0.573. The predicted molar refractivity (Wildman–Crippen MR) is 108 cm³/mol. The largest absolute Gasteiger partial charge is 0.369 e. The van der Waals surface area contributed by atoms with Crippen LogP contribution in [0, 0.1) is 0 Å². The molecule has 1 aromatic heterocycles. The summed E-state index contributed by atoms with van der Waals surface area (Å²) in [5, 5.41) is 6.76. The molecule has 3 N–H and O–H groups in total. The molecule has 1 unspecified atom stereocenters. The number of carbonyl (C=O) groups excluding carboxylic acids is 2. The Kier molecular flexibility index (Phi) is 3.35. The Bertz CT molecular complexity index is 1180. The number of rotatable bonds is 1. The lowest BCUT2D eigenvalue weighted by Gasteiger charge is -2.23. The number of aromatic nitrogens is 1. The molecule has 2 aliphatic heterocycles. The van der Waals surface area contributed by atoms with Crippen LogP contribution in [-0.2, 0) is 15.0 Å². The first-order valence-electron chi connectivity index (χ1n) is 9.42. The number of aromatic amines is 1. The molecule has 0 aliphatic carbocycles. The van der Waals surface area contributed by atoms with E-state index in [-0.39, 0.29) is 23.3 Å². The lowest BCUT2D eigenvalue weighted by Crippen LogP contribution is -2.30. The molecule has 0 saturated carbocycles. The second-order valence-electron chi connectivity index (χ2n) is 8.45. The first-order chi connectivity index (χ1) is 13.3. The van der Waals surface area contributed by atoms with Gasteiger partial charge in [0, 0.05) is 22.7 Å². The minimum absolute atomic E-state index is 0.0662. The van der Waals surface area contributed by atoms with Crippen molar-refractivity contribution in [1.29, 1.82) is 0 Å². The van der Waals surface area contributed by atoms with Crippen molar-refractivity contribution in [2.24, 2.45) is 0 Å². The van der Waals surface area contributed by atoms with Gasteiger partial charge in [0.1, 0.15) is 5.70 Å². The number of hydrogen-bond acceptors (Lipinski definition) is 3. The molecule has 0 bridgehead atoms. The van der Waals surface area contributed by atoms with Crippen molar-refractivity contribution < 1.29 is 9.59 Å². The third-order valence-corrected chi connectivity index (χ3v) is 5.65. The number of nitrogens with one attached hydrogen (secondary N) is 3. The number of carbonyl (C=O) groups is 2. The summed E-state index contributed by atoms with van der Waals surface area (Å²) >= 11 is 0. The Morgan fingerprint density at radius 2 is 1.68 bits per heavy atom. The van der Waals surface area contributed by atoms with Crippen molar-refractivity contribution in [3.05, 3.63) is 76.6 Å². The van der Waals surface area contributed by atoms with E-state index in [0.29, 0.717) is 11.3 Å².